The third-order valence-corrected chi connectivity index (χ3v) is 8.90. The number of hydrogen-bond donors (Lipinski definition) is 5. The third-order valence-electron chi connectivity index (χ3n) is 8.65. The summed E-state index contributed by atoms with van der Waals surface area (Å²) in [6.45, 7) is 2.87. The molecule has 12 nitrogen and oxygen atoms in total. The van der Waals surface area contributed by atoms with Gasteiger partial charge in [0.1, 0.15) is 12.1 Å². The van der Waals surface area contributed by atoms with Gasteiger partial charge in [0, 0.05) is 35.1 Å². The molecule has 0 aliphatic heterocycles. The molecular formula is C36H36ClF3N8O4. The molecule has 2 saturated carbocycles. The molecule has 2 aliphatic carbocycles. The first-order chi connectivity index (χ1) is 24.7. The van der Waals surface area contributed by atoms with E-state index < -0.39 is 53.4 Å². The number of ketones is 2. The third kappa shape index (κ3) is 9.14. The van der Waals surface area contributed by atoms with Crippen LogP contribution in [-0.2, 0) is 15.1 Å². The van der Waals surface area contributed by atoms with Crippen LogP contribution in [0.5, 0.6) is 6.01 Å². The van der Waals surface area contributed by atoms with Gasteiger partial charge in [0.05, 0.1) is 5.54 Å². The second-order valence-corrected chi connectivity index (χ2v) is 13.9. The number of alkyl halides is 3. The van der Waals surface area contributed by atoms with Gasteiger partial charge >= 0.3 is 12.2 Å². The highest BCUT2D eigenvalue weighted by molar-refractivity contribution is 6.49. The van der Waals surface area contributed by atoms with E-state index in [4.69, 9.17) is 16.3 Å². The maximum atomic E-state index is 13.0. The molecule has 0 spiro atoms. The number of carbonyl (C=O) groups excluding carboxylic acids is 3. The Morgan fingerprint density at radius 1 is 0.846 bits per heavy atom. The van der Waals surface area contributed by atoms with Crippen molar-refractivity contribution in [2.24, 2.45) is 5.41 Å². The van der Waals surface area contributed by atoms with Gasteiger partial charge in [0.25, 0.3) is 5.91 Å². The molecule has 16 heteroatoms. The smallest absolute Gasteiger partial charge is 0.422 e. The normalized spacial score (nSPS) is 17.9. The second-order valence-electron chi connectivity index (χ2n) is 13.5. The topological polar surface area (TPSA) is 159 Å². The summed E-state index contributed by atoms with van der Waals surface area (Å²) in [5.41, 5.74) is 1.48. The lowest BCUT2D eigenvalue weighted by molar-refractivity contribution is -0.154. The SMILES string of the molecule is CC(C)(CNC(=O)c1ccc(Nc2nc(NC3(c4ccc(Cl)cc4)CC3)nc(OCC(F)(F)F)n2)cc1)CNC1C(=O)C(=O)C1Nc1ccccc1. The van der Waals surface area contributed by atoms with Crippen LogP contribution in [0.3, 0.4) is 0 Å². The highest BCUT2D eigenvalue weighted by atomic mass is 35.5. The van der Waals surface area contributed by atoms with E-state index in [2.05, 4.69) is 41.5 Å². The van der Waals surface area contributed by atoms with Crippen molar-refractivity contribution < 1.29 is 32.3 Å². The Hall–Kier alpha value is -5.28. The summed E-state index contributed by atoms with van der Waals surface area (Å²) in [5.74, 6) is -1.35. The molecule has 2 unspecified atom stereocenters. The summed E-state index contributed by atoms with van der Waals surface area (Å²) < 4.78 is 43.7. The van der Waals surface area contributed by atoms with Crippen LogP contribution in [0.1, 0.15) is 42.6 Å². The molecule has 1 heterocycles. The fourth-order valence-electron chi connectivity index (χ4n) is 5.56. The number of Topliss-reactive ketones (excluding diaryl/α,β-unsaturated/α-hetero) is 2. The lowest BCUT2D eigenvalue weighted by Crippen LogP contribution is -2.68. The van der Waals surface area contributed by atoms with Gasteiger partial charge in [-0.3, -0.25) is 14.4 Å². The number of anilines is 4. The van der Waals surface area contributed by atoms with Gasteiger partial charge in [0.15, 0.2) is 6.61 Å². The van der Waals surface area contributed by atoms with Crippen LogP contribution in [0.15, 0.2) is 78.9 Å². The van der Waals surface area contributed by atoms with Crippen LogP contribution in [-0.4, -0.2) is 70.4 Å². The summed E-state index contributed by atoms with van der Waals surface area (Å²) in [7, 11) is 0. The Balaban J connectivity index is 1.05. The Labute approximate surface area is 302 Å². The Morgan fingerprint density at radius 2 is 1.50 bits per heavy atom. The van der Waals surface area contributed by atoms with Crippen molar-refractivity contribution in [3.05, 3.63) is 95.0 Å². The number of halogens is 4. The molecule has 6 rings (SSSR count). The van der Waals surface area contributed by atoms with E-state index in [1.165, 1.54) is 0 Å². The van der Waals surface area contributed by atoms with Gasteiger partial charge in [-0.25, -0.2) is 0 Å². The molecule has 2 atom stereocenters. The minimum atomic E-state index is -4.60. The van der Waals surface area contributed by atoms with E-state index in [0.717, 1.165) is 24.1 Å². The molecule has 1 aromatic heterocycles. The van der Waals surface area contributed by atoms with Gasteiger partial charge in [-0.15, -0.1) is 0 Å². The van der Waals surface area contributed by atoms with Crippen LogP contribution < -0.4 is 31.3 Å². The zero-order valence-electron chi connectivity index (χ0n) is 28.2. The van der Waals surface area contributed by atoms with Crippen LogP contribution >= 0.6 is 11.6 Å². The molecule has 0 saturated heterocycles. The van der Waals surface area contributed by atoms with Gasteiger partial charge < -0.3 is 31.3 Å². The molecule has 272 valence electrons. The summed E-state index contributed by atoms with van der Waals surface area (Å²) in [5, 5.41) is 15.9. The van der Waals surface area contributed by atoms with Crippen molar-refractivity contribution >= 4 is 52.3 Å². The average molecular weight is 737 g/mol. The van der Waals surface area contributed by atoms with Crippen LogP contribution in [0.4, 0.5) is 36.4 Å². The zero-order valence-corrected chi connectivity index (χ0v) is 28.9. The standard InChI is InChI=1S/C36H36ClF3N8O4/c1-34(2,18-41-26-27(29(50)28(26)49)43-24-6-4-3-5-7-24)19-42-30(51)21-8-14-25(15-9-21)44-31-45-32(47-33(46-31)52-20-36(38,39)40)48-35(16-17-35)22-10-12-23(37)13-11-22/h3-15,26-27,41,43H,16-20H2,1-2H3,(H,42,51)(H2,44,45,46,47,48). The molecule has 0 bridgehead atoms. The molecule has 0 radical (unpaired) electrons. The molecule has 4 aromatic rings. The molecule has 2 aliphatic rings. The number of rotatable bonds is 15. The van der Waals surface area contributed by atoms with Gasteiger partial charge in [-0.2, -0.15) is 28.1 Å². The van der Waals surface area contributed by atoms with Crippen molar-refractivity contribution in [3.8, 4) is 6.01 Å². The number of nitrogens with zero attached hydrogens (tertiary/aromatic N) is 3. The minimum Gasteiger partial charge on any atom is -0.454 e. The van der Waals surface area contributed by atoms with Gasteiger partial charge in [0.2, 0.25) is 23.5 Å². The Bertz CT molecular complexity index is 1930. The van der Waals surface area contributed by atoms with E-state index in [1.54, 1.807) is 36.4 Å². The number of ether oxygens (including phenoxy) is 1. The van der Waals surface area contributed by atoms with Crippen LogP contribution in [0.2, 0.25) is 5.02 Å². The summed E-state index contributed by atoms with van der Waals surface area (Å²) in [6, 6.07) is 20.9. The van der Waals surface area contributed by atoms with Gasteiger partial charge in [-0.05, 0) is 72.4 Å². The minimum absolute atomic E-state index is 0.0199. The summed E-state index contributed by atoms with van der Waals surface area (Å²) in [4.78, 5) is 50.0. The molecule has 5 N–H and O–H groups in total. The van der Waals surface area contributed by atoms with Crippen LogP contribution in [0, 0.1) is 5.41 Å². The van der Waals surface area contributed by atoms with E-state index >= 15 is 0 Å². The van der Waals surface area contributed by atoms with Crippen molar-refractivity contribution in [3.63, 3.8) is 0 Å². The second kappa shape index (κ2) is 14.8. The first-order valence-corrected chi connectivity index (χ1v) is 16.8. The largest absolute Gasteiger partial charge is 0.454 e. The van der Waals surface area contributed by atoms with Crippen LogP contribution in [0.25, 0.3) is 0 Å². The van der Waals surface area contributed by atoms with Gasteiger partial charge in [-0.1, -0.05) is 55.8 Å². The Morgan fingerprint density at radius 3 is 2.15 bits per heavy atom. The molecular weight excluding hydrogens is 701 g/mol. The van der Waals surface area contributed by atoms with Crippen molar-refractivity contribution in [1.82, 2.24) is 25.6 Å². The maximum absolute atomic E-state index is 13.0. The Kier molecular flexibility index (Phi) is 10.4. The van der Waals surface area contributed by atoms with E-state index in [9.17, 15) is 27.6 Å². The predicted molar refractivity (Wildman–Crippen MR) is 189 cm³/mol. The summed E-state index contributed by atoms with van der Waals surface area (Å²) in [6.07, 6.45) is -3.12. The zero-order chi connectivity index (χ0) is 37.1. The lowest BCUT2D eigenvalue weighted by Gasteiger charge is -2.37. The quantitative estimate of drug-likeness (QED) is 0.0960. The number of nitrogens with one attached hydrogen (secondary N) is 5. The lowest BCUT2D eigenvalue weighted by atomic mass is 9.81. The fourth-order valence-corrected chi connectivity index (χ4v) is 5.69. The number of carbonyl (C=O) groups is 3. The molecule has 3 aromatic carbocycles. The summed E-state index contributed by atoms with van der Waals surface area (Å²) >= 11 is 6.04. The first-order valence-electron chi connectivity index (χ1n) is 16.5. The number of amides is 1. The average Bonchev–Trinajstić information content (AvgIpc) is 3.90. The molecule has 2 fully saturated rings. The maximum Gasteiger partial charge on any atom is 0.422 e. The fraction of sp³-hybridized carbons (Fsp3) is 0.333. The van der Waals surface area contributed by atoms with E-state index in [1.807, 2.05) is 56.3 Å². The predicted octanol–water partition coefficient (Wildman–Crippen LogP) is 5.66. The van der Waals surface area contributed by atoms with Crippen molar-refractivity contribution in [2.75, 3.05) is 35.6 Å². The first kappa shape index (κ1) is 36.5. The van der Waals surface area contributed by atoms with Crippen molar-refractivity contribution in [2.45, 2.75) is 50.5 Å². The monoisotopic (exact) mass is 736 g/mol. The highest BCUT2D eigenvalue weighted by Crippen LogP contribution is 2.48. The number of para-hydroxylation sites is 1. The van der Waals surface area contributed by atoms with Crippen molar-refractivity contribution in [1.29, 1.82) is 0 Å². The van der Waals surface area contributed by atoms with E-state index in [-0.39, 0.29) is 24.3 Å². The number of benzene rings is 3. The van der Waals surface area contributed by atoms with E-state index in [0.29, 0.717) is 22.8 Å². The number of aromatic nitrogens is 3. The molecule has 52 heavy (non-hydrogen) atoms. The molecule has 1 amide bonds. The highest BCUT2D eigenvalue weighted by Gasteiger charge is 2.49. The number of hydrogen-bond acceptors (Lipinski definition) is 11.